The van der Waals surface area contributed by atoms with Gasteiger partial charge in [-0.15, -0.1) is 0 Å². The summed E-state index contributed by atoms with van der Waals surface area (Å²) in [5.41, 5.74) is -0.465. The van der Waals surface area contributed by atoms with Crippen LogP contribution in [0.3, 0.4) is 0 Å². The van der Waals surface area contributed by atoms with E-state index < -0.39 is 11.4 Å². The van der Waals surface area contributed by atoms with Crippen LogP contribution in [-0.4, -0.2) is 85.2 Å². The van der Waals surface area contributed by atoms with Crippen LogP contribution in [0.5, 0.6) is 0 Å². The quantitative estimate of drug-likeness (QED) is 0.816. The number of rotatable bonds is 3. The van der Waals surface area contributed by atoms with Crippen LogP contribution in [0.2, 0.25) is 0 Å². The lowest BCUT2D eigenvalue weighted by molar-refractivity contribution is -0.145. The lowest BCUT2D eigenvalue weighted by atomic mass is 10.2. The van der Waals surface area contributed by atoms with E-state index in [1.54, 1.807) is 4.90 Å². The molecule has 0 bridgehead atoms. The second-order valence-electron chi connectivity index (χ2n) is 7.95. The van der Waals surface area contributed by atoms with Gasteiger partial charge in [-0.05, 0) is 27.7 Å². The molecule has 3 rings (SSSR count). The molecular formula is C17H30N4O4. The van der Waals surface area contributed by atoms with Crippen LogP contribution in [-0.2, 0) is 14.2 Å². The van der Waals surface area contributed by atoms with Gasteiger partial charge < -0.3 is 29.3 Å². The molecule has 0 aromatic rings. The molecule has 8 nitrogen and oxygen atoms in total. The molecule has 2 fully saturated rings. The molecule has 1 N–H and O–H groups in total. The van der Waals surface area contributed by atoms with E-state index in [0.717, 1.165) is 25.5 Å². The van der Waals surface area contributed by atoms with Crippen molar-refractivity contribution in [1.82, 2.24) is 15.1 Å². The third kappa shape index (κ3) is 4.55. The molecule has 1 unspecified atom stereocenters. The smallest absolute Gasteiger partial charge is 0.410 e. The maximum Gasteiger partial charge on any atom is 0.410 e. The molecular weight excluding hydrogens is 324 g/mol. The average molecular weight is 354 g/mol. The van der Waals surface area contributed by atoms with Crippen molar-refractivity contribution in [2.45, 2.75) is 51.5 Å². The van der Waals surface area contributed by atoms with Gasteiger partial charge in [0.25, 0.3) is 0 Å². The number of guanidine groups is 1. The average Bonchev–Trinajstić information content (AvgIpc) is 3.12. The second kappa shape index (κ2) is 6.99. The van der Waals surface area contributed by atoms with Crippen molar-refractivity contribution in [3.63, 3.8) is 0 Å². The first-order valence-corrected chi connectivity index (χ1v) is 9.07. The van der Waals surface area contributed by atoms with Crippen molar-refractivity contribution < 1.29 is 19.0 Å². The zero-order valence-electron chi connectivity index (χ0n) is 15.7. The Hall–Kier alpha value is -1.54. The highest BCUT2D eigenvalue weighted by Gasteiger charge is 2.37. The molecule has 3 heterocycles. The number of piperazine rings is 1. The molecule has 0 saturated carbocycles. The van der Waals surface area contributed by atoms with Crippen LogP contribution in [0.15, 0.2) is 4.99 Å². The van der Waals surface area contributed by atoms with E-state index in [-0.39, 0.29) is 12.1 Å². The minimum absolute atomic E-state index is 0.221. The summed E-state index contributed by atoms with van der Waals surface area (Å²) in [7, 11) is 0. The van der Waals surface area contributed by atoms with E-state index in [1.165, 1.54) is 0 Å². The standard InChI is InChI=1S/C17H30N4O4/c1-16(2,3)25-15(22)20-7-8-21-13(12-20)11-19-14(21)18-6-5-17(4)23-9-10-24-17/h13H,5-12H2,1-4H3,(H,18,19). The number of nitrogens with zero attached hydrogens (tertiary/aromatic N) is 3. The Bertz CT molecular complexity index is 525. The highest BCUT2D eigenvalue weighted by atomic mass is 16.7. The lowest BCUT2D eigenvalue weighted by Gasteiger charge is -2.39. The highest BCUT2D eigenvalue weighted by molar-refractivity contribution is 5.82. The van der Waals surface area contributed by atoms with Gasteiger partial charge >= 0.3 is 6.09 Å². The zero-order chi connectivity index (χ0) is 18.1. The van der Waals surface area contributed by atoms with Crippen molar-refractivity contribution in [3.8, 4) is 0 Å². The first-order chi connectivity index (χ1) is 11.8. The number of fused-ring (bicyclic) bond motifs is 1. The first kappa shape index (κ1) is 18.3. The number of hydrogen-bond donors (Lipinski definition) is 1. The molecule has 2 saturated heterocycles. The molecule has 1 atom stereocenters. The zero-order valence-corrected chi connectivity index (χ0v) is 15.7. The summed E-state index contributed by atoms with van der Waals surface area (Å²) in [6, 6.07) is 0.221. The molecule has 0 aromatic heterocycles. The van der Waals surface area contributed by atoms with Gasteiger partial charge in [-0.1, -0.05) is 0 Å². The Balaban J connectivity index is 1.45. The molecule has 3 aliphatic rings. The summed E-state index contributed by atoms with van der Waals surface area (Å²) in [5, 5.41) is 3.40. The van der Waals surface area contributed by atoms with Gasteiger partial charge in [-0.25, -0.2) is 4.79 Å². The molecule has 3 aliphatic heterocycles. The minimum Gasteiger partial charge on any atom is -0.444 e. The number of aliphatic imine (C=N–C) groups is 1. The van der Waals surface area contributed by atoms with Crippen LogP contribution in [0.25, 0.3) is 0 Å². The topological polar surface area (TPSA) is 75.6 Å². The third-order valence-electron chi connectivity index (χ3n) is 4.62. The van der Waals surface area contributed by atoms with E-state index in [2.05, 4.69) is 15.2 Å². The Kier molecular flexibility index (Phi) is 5.11. The summed E-state index contributed by atoms with van der Waals surface area (Å²) in [6.07, 6.45) is 0.534. The maximum absolute atomic E-state index is 12.2. The van der Waals surface area contributed by atoms with Crippen LogP contribution in [0.4, 0.5) is 4.79 Å². The number of hydrogen-bond acceptors (Lipinski definition) is 7. The van der Waals surface area contributed by atoms with Crippen LogP contribution in [0.1, 0.15) is 34.1 Å². The van der Waals surface area contributed by atoms with Crippen molar-refractivity contribution in [3.05, 3.63) is 0 Å². The fraction of sp³-hybridized carbons (Fsp3) is 0.882. The highest BCUT2D eigenvalue weighted by Crippen LogP contribution is 2.22. The monoisotopic (exact) mass is 354 g/mol. The Morgan fingerprint density at radius 1 is 1.36 bits per heavy atom. The van der Waals surface area contributed by atoms with Gasteiger partial charge in [-0.3, -0.25) is 4.99 Å². The molecule has 25 heavy (non-hydrogen) atoms. The number of ether oxygens (including phenoxy) is 3. The summed E-state index contributed by atoms with van der Waals surface area (Å²) >= 11 is 0. The van der Waals surface area contributed by atoms with Gasteiger partial charge in [0.15, 0.2) is 11.7 Å². The number of amides is 1. The summed E-state index contributed by atoms with van der Waals surface area (Å²) in [5.74, 6) is 0.427. The molecule has 0 aromatic carbocycles. The Labute approximate surface area is 149 Å². The summed E-state index contributed by atoms with van der Waals surface area (Å²) in [4.78, 5) is 20.9. The lowest BCUT2D eigenvalue weighted by Crippen LogP contribution is -2.57. The number of carbonyl (C=O) groups excluding carboxylic acids is 1. The fourth-order valence-corrected chi connectivity index (χ4v) is 3.33. The van der Waals surface area contributed by atoms with Gasteiger partial charge in [0, 0.05) is 32.6 Å². The molecule has 8 heteroatoms. The van der Waals surface area contributed by atoms with Gasteiger partial charge in [0.1, 0.15) is 5.60 Å². The molecule has 142 valence electrons. The van der Waals surface area contributed by atoms with E-state index in [1.807, 2.05) is 27.7 Å². The molecule has 1 amide bonds. The van der Waals surface area contributed by atoms with Crippen molar-refractivity contribution in [2.75, 3.05) is 45.9 Å². The van der Waals surface area contributed by atoms with E-state index in [9.17, 15) is 4.79 Å². The molecule has 0 spiro atoms. The van der Waals surface area contributed by atoms with Crippen molar-refractivity contribution >= 4 is 12.1 Å². The Morgan fingerprint density at radius 3 is 2.76 bits per heavy atom. The van der Waals surface area contributed by atoms with E-state index in [0.29, 0.717) is 32.8 Å². The number of nitrogens with one attached hydrogen (secondary N) is 1. The van der Waals surface area contributed by atoms with E-state index in [4.69, 9.17) is 14.2 Å². The molecule has 0 aliphatic carbocycles. The van der Waals surface area contributed by atoms with Crippen molar-refractivity contribution in [1.29, 1.82) is 0 Å². The second-order valence-corrected chi connectivity index (χ2v) is 7.95. The summed E-state index contributed by atoms with van der Waals surface area (Å²) < 4.78 is 16.7. The predicted octanol–water partition coefficient (Wildman–Crippen LogP) is 1.02. The van der Waals surface area contributed by atoms with Crippen LogP contribution < -0.4 is 5.32 Å². The van der Waals surface area contributed by atoms with Gasteiger partial charge in [0.2, 0.25) is 0 Å². The predicted molar refractivity (Wildman–Crippen MR) is 93.5 cm³/mol. The fourth-order valence-electron chi connectivity index (χ4n) is 3.33. The van der Waals surface area contributed by atoms with E-state index >= 15 is 0 Å². The molecule has 0 radical (unpaired) electrons. The first-order valence-electron chi connectivity index (χ1n) is 9.07. The van der Waals surface area contributed by atoms with Crippen LogP contribution in [0, 0.1) is 0 Å². The largest absolute Gasteiger partial charge is 0.444 e. The SMILES string of the molecule is CC(C)(C)OC(=O)N1CCN2C(NCCC3(C)OCCO3)=NCC2C1. The normalized spacial score (nSPS) is 25.6. The Morgan fingerprint density at radius 2 is 2.08 bits per heavy atom. The maximum atomic E-state index is 12.2. The van der Waals surface area contributed by atoms with Gasteiger partial charge in [0.05, 0.1) is 25.8 Å². The minimum atomic E-state index is -0.485. The van der Waals surface area contributed by atoms with Crippen LogP contribution >= 0.6 is 0 Å². The third-order valence-corrected chi connectivity index (χ3v) is 4.62. The summed E-state index contributed by atoms with van der Waals surface area (Å²) in [6.45, 7) is 12.5. The van der Waals surface area contributed by atoms with Gasteiger partial charge in [-0.2, -0.15) is 0 Å². The van der Waals surface area contributed by atoms with Crippen molar-refractivity contribution in [2.24, 2.45) is 4.99 Å². The number of carbonyl (C=O) groups is 1.